The lowest BCUT2D eigenvalue weighted by Crippen LogP contribution is -2.39. The lowest BCUT2D eigenvalue weighted by molar-refractivity contribution is -0.00504. The molecular weight excluding hydrogens is 220 g/mol. The molecule has 1 heteroatoms. The smallest absolute Gasteiger partial charge is 0.0543 e. The summed E-state index contributed by atoms with van der Waals surface area (Å²) in [7, 11) is 0. The molecule has 1 nitrogen and oxygen atoms in total. The van der Waals surface area contributed by atoms with Crippen molar-refractivity contribution in [3.05, 3.63) is 0 Å². The van der Waals surface area contributed by atoms with Crippen LogP contribution < -0.4 is 0 Å². The molecule has 18 heavy (non-hydrogen) atoms. The zero-order chi connectivity index (χ0) is 12.5. The van der Waals surface area contributed by atoms with Crippen LogP contribution in [0.2, 0.25) is 0 Å². The molecular formula is C17H30O. The fraction of sp³-hybridized carbons (Fsp3) is 1.00. The number of hydrogen-bond acceptors (Lipinski definition) is 1. The molecule has 3 saturated carbocycles. The van der Waals surface area contributed by atoms with E-state index in [4.69, 9.17) is 0 Å². The van der Waals surface area contributed by atoms with Crippen molar-refractivity contribution in [3.63, 3.8) is 0 Å². The van der Waals surface area contributed by atoms with Gasteiger partial charge in [0.25, 0.3) is 0 Å². The van der Waals surface area contributed by atoms with Crippen molar-refractivity contribution in [3.8, 4) is 0 Å². The minimum atomic E-state index is 0.0244. The van der Waals surface area contributed by atoms with Gasteiger partial charge in [-0.1, -0.05) is 32.6 Å². The van der Waals surface area contributed by atoms with Crippen LogP contribution in [0.5, 0.6) is 0 Å². The summed E-state index contributed by atoms with van der Waals surface area (Å²) >= 11 is 0. The van der Waals surface area contributed by atoms with Gasteiger partial charge in [-0.15, -0.1) is 0 Å². The van der Waals surface area contributed by atoms with Crippen LogP contribution in [0.25, 0.3) is 0 Å². The lowest BCUT2D eigenvalue weighted by Gasteiger charge is -2.47. The zero-order valence-electron chi connectivity index (χ0n) is 12.0. The van der Waals surface area contributed by atoms with E-state index in [1.807, 2.05) is 0 Å². The van der Waals surface area contributed by atoms with E-state index in [2.05, 4.69) is 6.92 Å². The summed E-state index contributed by atoms with van der Waals surface area (Å²) in [6.07, 6.45) is 13.8. The van der Waals surface area contributed by atoms with E-state index in [-0.39, 0.29) is 6.10 Å². The van der Waals surface area contributed by atoms with Gasteiger partial charge in [0, 0.05) is 0 Å². The molecule has 0 aromatic heterocycles. The van der Waals surface area contributed by atoms with E-state index in [1.165, 1.54) is 51.4 Å². The van der Waals surface area contributed by atoms with Crippen LogP contribution in [0.3, 0.4) is 0 Å². The van der Waals surface area contributed by atoms with Crippen LogP contribution in [0.1, 0.15) is 71.1 Å². The van der Waals surface area contributed by atoms with Crippen molar-refractivity contribution < 1.29 is 5.11 Å². The van der Waals surface area contributed by atoms with E-state index in [0.29, 0.717) is 0 Å². The van der Waals surface area contributed by atoms with Gasteiger partial charge in [0.05, 0.1) is 6.10 Å². The highest BCUT2D eigenvalue weighted by Gasteiger charge is 2.41. The molecule has 3 aliphatic carbocycles. The van der Waals surface area contributed by atoms with Crippen molar-refractivity contribution in [2.45, 2.75) is 77.2 Å². The van der Waals surface area contributed by atoms with Gasteiger partial charge < -0.3 is 5.11 Å². The summed E-state index contributed by atoms with van der Waals surface area (Å²) in [5.41, 5.74) is 0. The molecule has 4 atom stereocenters. The number of rotatable bonds is 1. The van der Waals surface area contributed by atoms with Gasteiger partial charge in [-0.2, -0.15) is 0 Å². The highest BCUT2D eigenvalue weighted by Crippen LogP contribution is 2.49. The SMILES string of the molecule is CC1CCC(C2CCCC3CC(O)CCC32)CC1. The van der Waals surface area contributed by atoms with Crippen molar-refractivity contribution >= 4 is 0 Å². The molecule has 0 heterocycles. The normalized spacial score (nSPS) is 49.7. The first-order chi connectivity index (χ1) is 8.74. The number of aliphatic hydroxyl groups excluding tert-OH is 1. The Kier molecular flexibility index (Phi) is 3.98. The Bertz CT molecular complexity index is 267. The number of hydrogen-bond donors (Lipinski definition) is 1. The molecule has 104 valence electrons. The third-order valence-corrected chi connectivity index (χ3v) is 6.34. The molecule has 0 saturated heterocycles. The van der Waals surface area contributed by atoms with Crippen LogP contribution >= 0.6 is 0 Å². The van der Waals surface area contributed by atoms with E-state index < -0.39 is 0 Å². The summed E-state index contributed by atoms with van der Waals surface area (Å²) in [5, 5.41) is 9.88. The van der Waals surface area contributed by atoms with Gasteiger partial charge in [-0.25, -0.2) is 0 Å². The Morgan fingerprint density at radius 2 is 1.44 bits per heavy atom. The Morgan fingerprint density at radius 1 is 0.722 bits per heavy atom. The van der Waals surface area contributed by atoms with Gasteiger partial charge >= 0.3 is 0 Å². The highest BCUT2D eigenvalue weighted by molar-refractivity contribution is 4.91. The maximum Gasteiger partial charge on any atom is 0.0543 e. The topological polar surface area (TPSA) is 20.2 Å². The van der Waals surface area contributed by atoms with Crippen LogP contribution in [0.4, 0.5) is 0 Å². The van der Waals surface area contributed by atoms with Gasteiger partial charge in [0.2, 0.25) is 0 Å². The van der Waals surface area contributed by atoms with E-state index >= 15 is 0 Å². The molecule has 3 rings (SSSR count). The van der Waals surface area contributed by atoms with Gasteiger partial charge in [-0.05, 0) is 68.1 Å². The summed E-state index contributed by atoms with van der Waals surface area (Å²) in [5.74, 6) is 4.87. The van der Waals surface area contributed by atoms with Crippen molar-refractivity contribution in [2.75, 3.05) is 0 Å². The lowest BCUT2D eigenvalue weighted by atomic mass is 9.59. The monoisotopic (exact) mass is 250 g/mol. The first-order valence-corrected chi connectivity index (χ1v) is 8.42. The molecule has 0 aliphatic heterocycles. The second-order valence-electron chi connectivity index (χ2n) is 7.51. The second-order valence-corrected chi connectivity index (χ2v) is 7.51. The fourth-order valence-electron chi connectivity index (χ4n) is 5.29. The molecule has 3 aliphatic rings. The second kappa shape index (κ2) is 5.53. The first-order valence-electron chi connectivity index (χ1n) is 8.42. The number of fused-ring (bicyclic) bond motifs is 1. The molecule has 4 unspecified atom stereocenters. The Morgan fingerprint density at radius 3 is 2.22 bits per heavy atom. The summed E-state index contributed by atoms with van der Waals surface area (Å²) < 4.78 is 0. The molecule has 3 fully saturated rings. The van der Waals surface area contributed by atoms with Crippen molar-refractivity contribution in [1.82, 2.24) is 0 Å². The summed E-state index contributed by atoms with van der Waals surface area (Å²) in [4.78, 5) is 0. The van der Waals surface area contributed by atoms with Crippen LogP contribution in [0.15, 0.2) is 0 Å². The Balaban J connectivity index is 1.64. The predicted molar refractivity (Wildman–Crippen MR) is 75.3 cm³/mol. The molecule has 0 radical (unpaired) electrons. The number of aliphatic hydroxyl groups is 1. The van der Waals surface area contributed by atoms with E-state index in [9.17, 15) is 5.11 Å². The minimum absolute atomic E-state index is 0.0244. The summed E-state index contributed by atoms with van der Waals surface area (Å²) in [6, 6.07) is 0. The molecule has 0 spiro atoms. The molecule has 0 bridgehead atoms. The molecule has 0 aromatic carbocycles. The van der Waals surface area contributed by atoms with Crippen LogP contribution in [0, 0.1) is 29.6 Å². The Labute approximate surface area is 112 Å². The largest absolute Gasteiger partial charge is 0.393 e. The first kappa shape index (κ1) is 13.0. The zero-order valence-corrected chi connectivity index (χ0v) is 12.0. The maximum atomic E-state index is 9.88. The van der Waals surface area contributed by atoms with Crippen LogP contribution in [-0.4, -0.2) is 11.2 Å². The maximum absolute atomic E-state index is 9.88. The predicted octanol–water partition coefficient (Wildman–Crippen LogP) is 4.39. The summed E-state index contributed by atoms with van der Waals surface area (Å²) in [6.45, 7) is 2.43. The standard InChI is InChI=1S/C17H30O/c1-12-5-7-13(8-6-12)16-4-2-3-14-11-15(18)9-10-17(14)16/h12-18H,2-11H2,1H3. The van der Waals surface area contributed by atoms with Gasteiger partial charge in [0.1, 0.15) is 0 Å². The molecule has 0 amide bonds. The van der Waals surface area contributed by atoms with Crippen LogP contribution in [-0.2, 0) is 0 Å². The van der Waals surface area contributed by atoms with Gasteiger partial charge in [-0.3, -0.25) is 0 Å². The van der Waals surface area contributed by atoms with Crippen molar-refractivity contribution in [1.29, 1.82) is 0 Å². The average Bonchev–Trinajstić information content (AvgIpc) is 2.38. The molecule has 1 N–H and O–H groups in total. The quantitative estimate of drug-likeness (QED) is 0.732. The third-order valence-electron chi connectivity index (χ3n) is 6.34. The van der Waals surface area contributed by atoms with E-state index in [0.717, 1.165) is 42.4 Å². The average molecular weight is 250 g/mol. The van der Waals surface area contributed by atoms with Crippen molar-refractivity contribution in [2.24, 2.45) is 29.6 Å². The Hall–Kier alpha value is -0.0400. The molecule has 0 aromatic rings. The fourth-order valence-corrected chi connectivity index (χ4v) is 5.29. The minimum Gasteiger partial charge on any atom is -0.393 e. The van der Waals surface area contributed by atoms with E-state index in [1.54, 1.807) is 0 Å². The highest BCUT2D eigenvalue weighted by atomic mass is 16.3. The van der Waals surface area contributed by atoms with Gasteiger partial charge in [0.15, 0.2) is 0 Å². The third kappa shape index (κ3) is 2.61.